The molecule has 0 aromatic heterocycles. The summed E-state index contributed by atoms with van der Waals surface area (Å²) in [5.74, 6) is -0.653. The molecule has 0 saturated carbocycles. The first-order valence-corrected chi connectivity index (χ1v) is 6.70. The van der Waals surface area contributed by atoms with E-state index in [1.54, 1.807) is 25.3 Å². The zero-order chi connectivity index (χ0) is 15.8. The molecule has 21 heavy (non-hydrogen) atoms. The van der Waals surface area contributed by atoms with Gasteiger partial charge in [-0.2, -0.15) is 0 Å². The molecule has 0 aliphatic heterocycles. The Hall–Kier alpha value is -2.08. The van der Waals surface area contributed by atoms with Gasteiger partial charge in [0.05, 0.1) is 6.10 Å². The normalized spacial score (nSPS) is 11.8. The maximum atomic E-state index is 11.8. The fraction of sp³-hybridized carbons (Fsp3) is 0.467. The highest BCUT2D eigenvalue weighted by Crippen LogP contribution is 2.21. The van der Waals surface area contributed by atoms with Crippen LogP contribution in [0.5, 0.6) is 5.75 Å². The summed E-state index contributed by atoms with van der Waals surface area (Å²) in [6.07, 6.45) is 1.08. The van der Waals surface area contributed by atoms with Crippen molar-refractivity contribution in [3.8, 4) is 5.75 Å². The van der Waals surface area contributed by atoms with Crippen molar-refractivity contribution in [1.29, 1.82) is 0 Å². The average molecular weight is 295 g/mol. The third-order valence-electron chi connectivity index (χ3n) is 3.01. The van der Waals surface area contributed by atoms with Gasteiger partial charge in [-0.3, -0.25) is 4.79 Å². The van der Waals surface area contributed by atoms with Crippen LogP contribution in [0.1, 0.15) is 25.3 Å². The molecule has 1 unspecified atom stereocenters. The molecule has 6 heteroatoms. The summed E-state index contributed by atoms with van der Waals surface area (Å²) in [6, 6.07) is 5.02. The molecule has 0 aliphatic rings. The first-order chi connectivity index (χ1) is 9.92. The SMILES string of the molecule is COC(C)CCC(=O)Nc1ccc(OCC(=O)O)cc1C. The summed E-state index contributed by atoms with van der Waals surface area (Å²) in [7, 11) is 1.61. The summed E-state index contributed by atoms with van der Waals surface area (Å²) < 4.78 is 10.2. The number of aryl methyl sites for hydroxylation is 1. The number of benzene rings is 1. The number of carbonyl (C=O) groups excluding carboxylic acids is 1. The van der Waals surface area contributed by atoms with Gasteiger partial charge < -0.3 is 19.9 Å². The van der Waals surface area contributed by atoms with E-state index in [9.17, 15) is 9.59 Å². The van der Waals surface area contributed by atoms with Gasteiger partial charge in [-0.15, -0.1) is 0 Å². The number of amides is 1. The van der Waals surface area contributed by atoms with Gasteiger partial charge in [0.1, 0.15) is 5.75 Å². The Morgan fingerprint density at radius 1 is 1.38 bits per heavy atom. The molecule has 6 nitrogen and oxygen atoms in total. The molecule has 0 heterocycles. The first-order valence-electron chi connectivity index (χ1n) is 6.70. The molecular formula is C15H21NO5. The fourth-order valence-corrected chi connectivity index (χ4v) is 1.68. The van der Waals surface area contributed by atoms with Crippen molar-refractivity contribution in [3.05, 3.63) is 23.8 Å². The summed E-state index contributed by atoms with van der Waals surface area (Å²) >= 11 is 0. The Bertz CT molecular complexity index is 501. The lowest BCUT2D eigenvalue weighted by Crippen LogP contribution is -2.15. The van der Waals surface area contributed by atoms with Gasteiger partial charge in [0, 0.05) is 19.2 Å². The van der Waals surface area contributed by atoms with Crippen LogP contribution in [0, 0.1) is 6.92 Å². The molecule has 0 aliphatic carbocycles. The maximum Gasteiger partial charge on any atom is 0.341 e. The van der Waals surface area contributed by atoms with Crippen LogP contribution in [-0.2, 0) is 14.3 Å². The molecule has 0 fully saturated rings. The molecule has 0 radical (unpaired) electrons. The van der Waals surface area contributed by atoms with Crippen LogP contribution in [-0.4, -0.2) is 36.8 Å². The lowest BCUT2D eigenvalue weighted by molar-refractivity contribution is -0.139. The second kappa shape index (κ2) is 8.26. The van der Waals surface area contributed by atoms with Crippen LogP contribution in [0.15, 0.2) is 18.2 Å². The predicted molar refractivity (Wildman–Crippen MR) is 78.6 cm³/mol. The topological polar surface area (TPSA) is 84.9 Å². The zero-order valence-electron chi connectivity index (χ0n) is 12.5. The van der Waals surface area contributed by atoms with Crippen molar-refractivity contribution < 1.29 is 24.2 Å². The van der Waals surface area contributed by atoms with Gasteiger partial charge in [0.15, 0.2) is 6.61 Å². The number of anilines is 1. The number of carbonyl (C=O) groups is 2. The Labute approximate surface area is 124 Å². The Morgan fingerprint density at radius 2 is 2.10 bits per heavy atom. The van der Waals surface area contributed by atoms with Crippen molar-refractivity contribution in [2.45, 2.75) is 32.8 Å². The molecule has 2 N–H and O–H groups in total. The summed E-state index contributed by atoms with van der Waals surface area (Å²) in [4.78, 5) is 22.2. The molecule has 1 atom stereocenters. The lowest BCUT2D eigenvalue weighted by Gasteiger charge is -2.12. The van der Waals surface area contributed by atoms with E-state index in [0.29, 0.717) is 24.3 Å². The zero-order valence-corrected chi connectivity index (χ0v) is 12.5. The highest BCUT2D eigenvalue weighted by Gasteiger charge is 2.09. The summed E-state index contributed by atoms with van der Waals surface area (Å²) in [5, 5.41) is 11.4. The van der Waals surface area contributed by atoms with E-state index in [1.165, 1.54) is 0 Å². The van der Waals surface area contributed by atoms with Crippen LogP contribution in [0.4, 0.5) is 5.69 Å². The number of rotatable bonds is 8. The van der Waals surface area contributed by atoms with E-state index in [-0.39, 0.29) is 18.6 Å². The number of nitrogens with one attached hydrogen (secondary N) is 1. The number of carboxylic acids is 1. The van der Waals surface area contributed by atoms with Gasteiger partial charge in [0.25, 0.3) is 0 Å². The molecule has 116 valence electrons. The predicted octanol–water partition coefficient (Wildman–Crippen LogP) is 2.21. The molecule has 1 aromatic rings. The van der Waals surface area contributed by atoms with Crippen LogP contribution >= 0.6 is 0 Å². The smallest absolute Gasteiger partial charge is 0.341 e. The third-order valence-corrected chi connectivity index (χ3v) is 3.01. The highest BCUT2D eigenvalue weighted by molar-refractivity contribution is 5.91. The van der Waals surface area contributed by atoms with E-state index < -0.39 is 5.97 Å². The number of hydrogen-bond acceptors (Lipinski definition) is 4. The fourth-order valence-electron chi connectivity index (χ4n) is 1.68. The van der Waals surface area contributed by atoms with Crippen LogP contribution in [0.3, 0.4) is 0 Å². The van der Waals surface area contributed by atoms with E-state index in [0.717, 1.165) is 5.56 Å². The van der Waals surface area contributed by atoms with E-state index in [4.69, 9.17) is 14.6 Å². The minimum atomic E-state index is -1.03. The van der Waals surface area contributed by atoms with Crippen LogP contribution < -0.4 is 10.1 Å². The number of methoxy groups -OCH3 is 1. The van der Waals surface area contributed by atoms with Crippen LogP contribution in [0.25, 0.3) is 0 Å². The quantitative estimate of drug-likeness (QED) is 0.768. The first kappa shape index (κ1) is 17.0. The summed E-state index contributed by atoms with van der Waals surface area (Å²) in [5.41, 5.74) is 1.50. The molecule has 1 amide bonds. The molecule has 1 aromatic carbocycles. The van der Waals surface area contributed by atoms with Crippen molar-refractivity contribution in [2.24, 2.45) is 0 Å². The van der Waals surface area contributed by atoms with E-state index in [1.807, 2.05) is 13.8 Å². The van der Waals surface area contributed by atoms with E-state index >= 15 is 0 Å². The average Bonchev–Trinajstić information content (AvgIpc) is 2.45. The van der Waals surface area contributed by atoms with Gasteiger partial charge in [0.2, 0.25) is 5.91 Å². The highest BCUT2D eigenvalue weighted by atomic mass is 16.5. The number of aliphatic carboxylic acids is 1. The van der Waals surface area contributed by atoms with Crippen molar-refractivity contribution >= 4 is 17.6 Å². The van der Waals surface area contributed by atoms with Gasteiger partial charge in [-0.05, 0) is 44.0 Å². The number of hydrogen-bond donors (Lipinski definition) is 2. The van der Waals surface area contributed by atoms with Gasteiger partial charge in [-0.1, -0.05) is 0 Å². The number of carboxylic acid groups (broad SMARTS) is 1. The van der Waals surface area contributed by atoms with Crippen molar-refractivity contribution in [3.63, 3.8) is 0 Å². The standard InChI is InChI=1S/C15H21NO5/c1-10-8-12(21-9-15(18)19)5-6-13(10)16-14(17)7-4-11(2)20-3/h5-6,8,11H,4,7,9H2,1-3H3,(H,16,17)(H,18,19). The largest absolute Gasteiger partial charge is 0.482 e. The minimum Gasteiger partial charge on any atom is -0.482 e. The second-order valence-corrected chi connectivity index (χ2v) is 4.79. The van der Waals surface area contributed by atoms with E-state index in [2.05, 4.69) is 5.32 Å². The Balaban J connectivity index is 2.55. The van der Waals surface area contributed by atoms with Crippen molar-refractivity contribution in [1.82, 2.24) is 0 Å². The van der Waals surface area contributed by atoms with Crippen molar-refractivity contribution in [2.75, 3.05) is 19.0 Å². The van der Waals surface area contributed by atoms with Gasteiger partial charge in [-0.25, -0.2) is 4.79 Å². The molecule has 0 saturated heterocycles. The maximum absolute atomic E-state index is 11.8. The second-order valence-electron chi connectivity index (χ2n) is 4.79. The molecule has 0 bridgehead atoms. The van der Waals surface area contributed by atoms with Gasteiger partial charge >= 0.3 is 5.97 Å². The molecule has 0 spiro atoms. The Kier molecular flexibility index (Phi) is 6.68. The molecule has 1 rings (SSSR count). The third kappa shape index (κ3) is 6.27. The molecular weight excluding hydrogens is 274 g/mol. The lowest BCUT2D eigenvalue weighted by atomic mass is 10.1. The number of ether oxygens (including phenoxy) is 2. The van der Waals surface area contributed by atoms with Crippen LogP contribution in [0.2, 0.25) is 0 Å². The summed E-state index contributed by atoms with van der Waals surface area (Å²) in [6.45, 7) is 3.34. The monoisotopic (exact) mass is 295 g/mol. The minimum absolute atomic E-state index is 0.0450. The Morgan fingerprint density at radius 3 is 2.67 bits per heavy atom.